The van der Waals surface area contributed by atoms with Crippen LogP contribution in [-0.2, 0) is 4.79 Å². The van der Waals surface area contributed by atoms with E-state index in [4.69, 9.17) is 4.74 Å². The molecule has 0 aliphatic carbocycles. The summed E-state index contributed by atoms with van der Waals surface area (Å²) in [6.07, 6.45) is 5.30. The van der Waals surface area contributed by atoms with Crippen molar-refractivity contribution in [1.29, 1.82) is 0 Å². The molecule has 1 aromatic carbocycles. The first-order valence-corrected chi connectivity index (χ1v) is 7.02. The van der Waals surface area contributed by atoms with Crippen LogP contribution in [0.15, 0.2) is 36.9 Å². The Morgan fingerprint density at radius 1 is 1.45 bits per heavy atom. The first-order chi connectivity index (χ1) is 9.67. The maximum atomic E-state index is 12.0. The average Bonchev–Trinajstić information content (AvgIpc) is 2.45. The third kappa shape index (κ3) is 2.93. The summed E-state index contributed by atoms with van der Waals surface area (Å²) in [6.45, 7) is 8.90. The number of rotatable bonds is 5. The normalized spacial score (nSPS) is 15.0. The van der Waals surface area contributed by atoms with Gasteiger partial charge in [0.05, 0.1) is 0 Å². The van der Waals surface area contributed by atoms with Crippen LogP contribution in [0.1, 0.15) is 30.9 Å². The molecule has 0 bridgehead atoms. The van der Waals surface area contributed by atoms with Crippen molar-refractivity contribution in [3.63, 3.8) is 0 Å². The lowest BCUT2D eigenvalue weighted by Crippen LogP contribution is -2.31. The Morgan fingerprint density at radius 3 is 2.90 bits per heavy atom. The molecule has 3 nitrogen and oxygen atoms in total. The molecule has 1 amide bonds. The Kier molecular flexibility index (Phi) is 4.61. The number of ether oxygens (including phenoxy) is 1. The van der Waals surface area contributed by atoms with Crippen LogP contribution in [0, 0.1) is 6.92 Å². The molecule has 0 radical (unpaired) electrons. The van der Waals surface area contributed by atoms with Gasteiger partial charge in [-0.1, -0.05) is 18.7 Å². The third-order valence-corrected chi connectivity index (χ3v) is 3.45. The largest absolute Gasteiger partial charge is 0.490 e. The number of allylic oxidation sites excluding steroid dienone is 1. The number of hydrogen-bond acceptors (Lipinski definition) is 2. The van der Waals surface area contributed by atoms with Gasteiger partial charge in [-0.3, -0.25) is 4.79 Å². The summed E-state index contributed by atoms with van der Waals surface area (Å²) in [4.78, 5) is 13.8. The Balaban J connectivity index is 2.30. The zero-order chi connectivity index (χ0) is 14.5. The summed E-state index contributed by atoms with van der Waals surface area (Å²) in [5.74, 6) is 1.04. The molecule has 1 aliphatic rings. The first kappa shape index (κ1) is 14.4. The molecule has 1 heterocycles. The van der Waals surface area contributed by atoms with E-state index in [2.05, 4.69) is 12.7 Å². The number of carbonyl (C=O) groups excluding carboxylic acids is 1. The molecule has 2 rings (SSSR count). The molecular formula is C17H21NO2. The van der Waals surface area contributed by atoms with E-state index in [9.17, 15) is 4.79 Å². The van der Waals surface area contributed by atoms with Crippen LogP contribution < -0.4 is 4.74 Å². The zero-order valence-electron chi connectivity index (χ0n) is 12.2. The minimum Gasteiger partial charge on any atom is -0.490 e. The second kappa shape index (κ2) is 6.42. The fourth-order valence-corrected chi connectivity index (χ4v) is 2.48. The minimum atomic E-state index is 0.205. The van der Waals surface area contributed by atoms with E-state index in [1.54, 1.807) is 6.08 Å². The van der Waals surface area contributed by atoms with Crippen molar-refractivity contribution in [2.24, 2.45) is 0 Å². The Bertz CT molecular complexity index is 546. The molecule has 0 unspecified atom stereocenters. The SMILES string of the molecule is C=CCOc1ccc(C2=CCCC(=O)N2CC)c(C)c1. The standard InChI is InChI=1S/C17H21NO2/c1-4-11-20-14-9-10-15(13(3)12-14)16-7-6-8-17(19)18(16)5-2/h4,7,9-10,12H,1,5-6,8,11H2,2-3H3. The van der Waals surface area contributed by atoms with Crippen molar-refractivity contribution in [1.82, 2.24) is 4.90 Å². The van der Waals surface area contributed by atoms with E-state index in [1.807, 2.05) is 36.9 Å². The predicted molar refractivity (Wildman–Crippen MR) is 81.5 cm³/mol. The highest BCUT2D eigenvalue weighted by molar-refractivity contribution is 5.89. The second-order valence-electron chi connectivity index (χ2n) is 4.84. The van der Waals surface area contributed by atoms with Gasteiger partial charge in [-0.05, 0) is 44.0 Å². The van der Waals surface area contributed by atoms with Crippen LogP contribution in [0.3, 0.4) is 0 Å². The highest BCUT2D eigenvalue weighted by Crippen LogP contribution is 2.29. The lowest BCUT2D eigenvalue weighted by atomic mass is 10.00. The van der Waals surface area contributed by atoms with Gasteiger partial charge in [0.25, 0.3) is 0 Å². The lowest BCUT2D eigenvalue weighted by molar-refractivity contribution is -0.128. The van der Waals surface area contributed by atoms with Crippen LogP contribution in [0.4, 0.5) is 0 Å². The monoisotopic (exact) mass is 271 g/mol. The smallest absolute Gasteiger partial charge is 0.227 e. The Hall–Kier alpha value is -2.03. The summed E-state index contributed by atoms with van der Waals surface area (Å²) in [5, 5.41) is 0. The number of aryl methyl sites for hydroxylation is 1. The summed E-state index contributed by atoms with van der Waals surface area (Å²) in [6, 6.07) is 5.98. The van der Waals surface area contributed by atoms with Crippen LogP contribution in [-0.4, -0.2) is 24.0 Å². The summed E-state index contributed by atoms with van der Waals surface area (Å²) in [5.41, 5.74) is 3.24. The highest BCUT2D eigenvalue weighted by atomic mass is 16.5. The molecule has 0 spiro atoms. The molecule has 0 fully saturated rings. The minimum absolute atomic E-state index is 0.205. The van der Waals surface area contributed by atoms with Gasteiger partial charge < -0.3 is 9.64 Å². The van der Waals surface area contributed by atoms with Crippen LogP contribution in [0.5, 0.6) is 5.75 Å². The first-order valence-electron chi connectivity index (χ1n) is 7.02. The van der Waals surface area contributed by atoms with Gasteiger partial charge in [0, 0.05) is 24.2 Å². The van der Waals surface area contributed by atoms with E-state index >= 15 is 0 Å². The lowest BCUT2D eigenvalue weighted by Gasteiger charge is -2.28. The Labute approximate surface area is 120 Å². The molecule has 0 N–H and O–H groups in total. The van der Waals surface area contributed by atoms with Crippen molar-refractivity contribution in [2.45, 2.75) is 26.7 Å². The second-order valence-corrected chi connectivity index (χ2v) is 4.84. The molecule has 20 heavy (non-hydrogen) atoms. The molecule has 106 valence electrons. The van der Waals surface area contributed by atoms with Gasteiger partial charge in [-0.15, -0.1) is 0 Å². The molecule has 0 atom stereocenters. The molecule has 0 aromatic heterocycles. The highest BCUT2D eigenvalue weighted by Gasteiger charge is 2.22. The molecule has 0 saturated carbocycles. The maximum absolute atomic E-state index is 12.0. The van der Waals surface area contributed by atoms with Crippen LogP contribution >= 0.6 is 0 Å². The van der Waals surface area contributed by atoms with E-state index in [1.165, 1.54) is 0 Å². The van der Waals surface area contributed by atoms with E-state index in [0.717, 1.165) is 29.0 Å². The van der Waals surface area contributed by atoms with Crippen molar-refractivity contribution in [3.05, 3.63) is 48.1 Å². The number of hydrogen-bond donors (Lipinski definition) is 0. The summed E-state index contributed by atoms with van der Waals surface area (Å²) in [7, 11) is 0. The van der Waals surface area contributed by atoms with Gasteiger partial charge in [0.2, 0.25) is 5.91 Å². The number of benzene rings is 1. The molecular weight excluding hydrogens is 250 g/mol. The molecule has 1 aromatic rings. The van der Waals surface area contributed by atoms with Gasteiger partial charge in [-0.25, -0.2) is 0 Å². The summed E-state index contributed by atoms with van der Waals surface area (Å²) >= 11 is 0. The van der Waals surface area contributed by atoms with Gasteiger partial charge in [0.15, 0.2) is 0 Å². The third-order valence-electron chi connectivity index (χ3n) is 3.45. The topological polar surface area (TPSA) is 29.5 Å². The van der Waals surface area contributed by atoms with Crippen LogP contribution in [0.2, 0.25) is 0 Å². The van der Waals surface area contributed by atoms with E-state index < -0.39 is 0 Å². The fraction of sp³-hybridized carbons (Fsp3) is 0.353. The number of amides is 1. The van der Waals surface area contributed by atoms with Crippen molar-refractivity contribution in [3.8, 4) is 5.75 Å². The summed E-state index contributed by atoms with van der Waals surface area (Å²) < 4.78 is 5.53. The quantitative estimate of drug-likeness (QED) is 0.767. The van der Waals surface area contributed by atoms with Crippen LogP contribution in [0.25, 0.3) is 5.70 Å². The van der Waals surface area contributed by atoms with Crippen molar-refractivity contribution < 1.29 is 9.53 Å². The van der Waals surface area contributed by atoms with E-state index in [0.29, 0.717) is 19.6 Å². The van der Waals surface area contributed by atoms with Gasteiger partial charge in [0.1, 0.15) is 12.4 Å². The maximum Gasteiger partial charge on any atom is 0.227 e. The van der Waals surface area contributed by atoms with Gasteiger partial charge in [-0.2, -0.15) is 0 Å². The fourth-order valence-electron chi connectivity index (χ4n) is 2.48. The molecule has 0 saturated heterocycles. The number of carbonyl (C=O) groups is 1. The van der Waals surface area contributed by atoms with Crippen molar-refractivity contribution >= 4 is 11.6 Å². The average molecular weight is 271 g/mol. The molecule has 1 aliphatic heterocycles. The Morgan fingerprint density at radius 2 is 2.25 bits per heavy atom. The van der Waals surface area contributed by atoms with Crippen molar-refractivity contribution in [2.75, 3.05) is 13.2 Å². The molecule has 3 heteroatoms. The zero-order valence-corrected chi connectivity index (χ0v) is 12.2. The predicted octanol–water partition coefficient (Wildman–Crippen LogP) is 3.54. The van der Waals surface area contributed by atoms with E-state index in [-0.39, 0.29) is 5.91 Å². The number of nitrogens with zero attached hydrogens (tertiary/aromatic N) is 1. The van der Waals surface area contributed by atoms with Gasteiger partial charge >= 0.3 is 0 Å².